The summed E-state index contributed by atoms with van der Waals surface area (Å²) in [7, 11) is 0. The van der Waals surface area contributed by atoms with Crippen LogP contribution in [0.25, 0.3) is 0 Å². The highest BCUT2D eigenvalue weighted by Gasteiger charge is 2.28. The van der Waals surface area contributed by atoms with E-state index in [1.54, 1.807) is 0 Å². The molecule has 1 aromatic heterocycles. The Hall–Kier alpha value is -0.570. The van der Waals surface area contributed by atoms with Crippen LogP contribution in [-0.2, 0) is 11.4 Å². The lowest BCUT2D eigenvalue weighted by Gasteiger charge is -2.29. The zero-order valence-electron chi connectivity index (χ0n) is 11.0. The summed E-state index contributed by atoms with van der Waals surface area (Å²) in [5.41, 5.74) is 0.0144. The molecule has 0 amide bonds. The van der Waals surface area contributed by atoms with Gasteiger partial charge in [-0.3, -0.25) is 0 Å². The summed E-state index contributed by atoms with van der Waals surface area (Å²) in [6.45, 7) is 6.58. The summed E-state index contributed by atoms with van der Waals surface area (Å²) in [6, 6.07) is 0. The average Bonchev–Trinajstić information content (AvgIpc) is 2.73. The van der Waals surface area contributed by atoms with E-state index < -0.39 is 0 Å². The van der Waals surface area contributed by atoms with E-state index in [4.69, 9.17) is 11.6 Å². The van der Waals surface area contributed by atoms with E-state index >= 15 is 0 Å². The van der Waals surface area contributed by atoms with E-state index in [-0.39, 0.29) is 5.54 Å². The minimum absolute atomic E-state index is 0.0144. The van der Waals surface area contributed by atoms with Gasteiger partial charge < -0.3 is 4.57 Å². The van der Waals surface area contributed by atoms with Crippen molar-refractivity contribution in [2.24, 2.45) is 0 Å². The Balaban J connectivity index is 2.36. The molecule has 3 nitrogen and oxygen atoms in total. The van der Waals surface area contributed by atoms with Gasteiger partial charge in [-0.25, -0.2) is 0 Å². The first-order valence-corrected chi connectivity index (χ1v) is 7.08. The molecule has 1 aromatic rings. The fourth-order valence-corrected chi connectivity index (χ4v) is 2.95. The van der Waals surface area contributed by atoms with E-state index in [1.165, 1.54) is 32.1 Å². The molecule has 1 fully saturated rings. The minimum atomic E-state index is 0.0144. The molecule has 0 spiro atoms. The van der Waals surface area contributed by atoms with Crippen molar-refractivity contribution in [1.29, 1.82) is 0 Å². The predicted molar refractivity (Wildman–Crippen MR) is 70.4 cm³/mol. The van der Waals surface area contributed by atoms with E-state index in [0.29, 0.717) is 11.8 Å². The Labute approximate surface area is 109 Å². The third-order valence-electron chi connectivity index (χ3n) is 3.52. The third-order valence-corrected chi connectivity index (χ3v) is 3.75. The van der Waals surface area contributed by atoms with Crippen molar-refractivity contribution < 1.29 is 0 Å². The molecule has 4 heteroatoms. The summed E-state index contributed by atoms with van der Waals surface area (Å²) in [5, 5.41) is 8.66. The van der Waals surface area contributed by atoms with Gasteiger partial charge in [-0.15, -0.1) is 21.8 Å². The van der Waals surface area contributed by atoms with E-state index in [1.807, 2.05) is 0 Å². The highest BCUT2D eigenvalue weighted by atomic mass is 35.5. The second kappa shape index (κ2) is 4.97. The van der Waals surface area contributed by atoms with Crippen molar-refractivity contribution in [1.82, 2.24) is 14.8 Å². The number of rotatable bonds is 2. The van der Waals surface area contributed by atoms with Crippen molar-refractivity contribution in [2.75, 3.05) is 0 Å². The van der Waals surface area contributed by atoms with Crippen LogP contribution < -0.4 is 0 Å². The number of halogens is 1. The third kappa shape index (κ3) is 2.65. The molecule has 2 rings (SSSR count). The molecule has 1 saturated carbocycles. The number of hydrogen-bond donors (Lipinski definition) is 0. The van der Waals surface area contributed by atoms with Gasteiger partial charge in [0, 0.05) is 11.5 Å². The largest absolute Gasteiger partial charge is 0.308 e. The Morgan fingerprint density at radius 1 is 1.18 bits per heavy atom. The molecule has 1 aliphatic carbocycles. The standard InChI is InChI=1S/C13H22ClN3/c1-13(2,3)17-11(9-14)15-16-12(17)10-7-5-4-6-8-10/h10H,4-9H2,1-3H3. The van der Waals surface area contributed by atoms with Crippen molar-refractivity contribution >= 4 is 11.6 Å². The zero-order valence-corrected chi connectivity index (χ0v) is 11.8. The maximum absolute atomic E-state index is 5.97. The van der Waals surface area contributed by atoms with Crippen molar-refractivity contribution in [3.8, 4) is 0 Å². The molecule has 0 atom stereocenters. The van der Waals surface area contributed by atoms with Gasteiger partial charge in [-0.05, 0) is 33.6 Å². The number of nitrogens with zero attached hydrogens (tertiary/aromatic N) is 3. The van der Waals surface area contributed by atoms with E-state index in [2.05, 4.69) is 35.5 Å². The van der Waals surface area contributed by atoms with Crippen molar-refractivity contribution in [2.45, 2.75) is 70.2 Å². The second-order valence-electron chi connectivity index (χ2n) is 5.95. The lowest BCUT2D eigenvalue weighted by Crippen LogP contribution is -2.27. The first-order valence-electron chi connectivity index (χ1n) is 6.54. The summed E-state index contributed by atoms with van der Waals surface area (Å²) >= 11 is 5.97. The fraction of sp³-hybridized carbons (Fsp3) is 0.846. The van der Waals surface area contributed by atoms with Crippen LogP contribution in [0.4, 0.5) is 0 Å². The molecular weight excluding hydrogens is 234 g/mol. The van der Waals surface area contributed by atoms with Gasteiger partial charge >= 0.3 is 0 Å². The Bertz CT molecular complexity index is 373. The average molecular weight is 256 g/mol. The zero-order chi connectivity index (χ0) is 12.5. The molecule has 0 radical (unpaired) electrons. The van der Waals surface area contributed by atoms with E-state index in [0.717, 1.165) is 11.6 Å². The van der Waals surface area contributed by atoms with Crippen LogP contribution in [0.15, 0.2) is 0 Å². The Kier molecular flexibility index (Phi) is 3.76. The quantitative estimate of drug-likeness (QED) is 0.753. The van der Waals surface area contributed by atoms with Crippen LogP contribution >= 0.6 is 11.6 Å². The summed E-state index contributed by atoms with van der Waals surface area (Å²) in [6.07, 6.45) is 6.49. The minimum Gasteiger partial charge on any atom is -0.308 e. The molecule has 0 aliphatic heterocycles. The molecule has 0 saturated heterocycles. The monoisotopic (exact) mass is 255 g/mol. The van der Waals surface area contributed by atoms with Gasteiger partial charge in [0.15, 0.2) is 0 Å². The Morgan fingerprint density at radius 3 is 2.35 bits per heavy atom. The van der Waals surface area contributed by atoms with E-state index in [9.17, 15) is 0 Å². The molecule has 0 aromatic carbocycles. The molecule has 1 heterocycles. The van der Waals surface area contributed by atoms with Crippen LogP contribution in [0.2, 0.25) is 0 Å². The topological polar surface area (TPSA) is 30.7 Å². The molecule has 96 valence electrons. The van der Waals surface area contributed by atoms with Crippen molar-refractivity contribution in [3.63, 3.8) is 0 Å². The van der Waals surface area contributed by atoms with Gasteiger partial charge in [0.05, 0.1) is 5.88 Å². The summed E-state index contributed by atoms with van der Waals surface area (Å²) in [5.74, 6) is 3.07. The van der Waals surface area contributed by atoms with Gasteiger partial charge in [0.25, 0.3) is 0 Å². The van der Waals surface area contributed by atoms with Crippen LogP contribution in [0, 0.1) is 0 Å². The molecule has 17 heavy (non-hydrogen) atoms. The van der Waals surface area contributed by atoms with Gasteiger partial charge in [0.1, 0.15) is 11.6 Å². The van der Waals surface area contributed by atoms with Gasteiger partial charge in [-0.2, -0.15) is 0 Å². The first kappa shape index (κ1) is 12.9. The number of aromatic nitrogens is 3. The Morgan fingerprint density at radius 2 is 1.82 bits per heavy atom. The summed E-state index contributed by atoms with van der Waals surface area (Å²) in [4.78, 5) is 0. The van der Waals surface area contributed by atoms with Crippen molar-refractivity contribution in [3.05, 3.63) is 11.6 Å². The SMILES string of the molecule is CC(C)(C)n1c(CCl)nnc1C1CCCCC1. The number of hydrogen-bond acceptors (Lipinski definition) is 2. The lowest BCUT2D eigenvalue weighted by atomic mass is 9.88. The highest BCUT2D eigenvalue weighted by molar-refractivity contribution is 6.16. The maximum atomic E-state index is 5.97. The van der Waals surface area contributed by atoms with Crippen LogP contribution in [-0.4, -0.2) is 14.8 Å². The van der Waals surface area contributed by atoms with Crippen LogP contribution in [0.3, 0.4) is 0 Å². The highest BCUT2D eigenvalue weighted by Crippen LogP contribution is 2.34. The summed E-state index contributed by atoms with van der Waals surface area (Å²) < 4.78 is 2.25. The number of alkyl halides is 1. The molecule has 0 N–H and O–H groups in total. The first-order chi connectivity index (χ1) is 8.04. The normalized spacial score (nSPS) is 18.6. The molecule has 0 unspecified atom stereocenters. The van der Waals surface area contributed by atoms with Gasteiger partial charge in [-0.1, -0.05) is 19.3 Å². The van der Waals surface area contributed by atoms with Gasteiger partial charge in [0.2, 0.25) is 0 Å². The maximum Gasteiger partial charge on any atom is 0.148 e. The molecular formula is C13H22ClN3. The van der Waals surface area contributed by atoms with Crippen LogP contribution in [0.5, 0.6) is 0 Å². The van der Waals surface area contributed by atoms with Crippen LogP contribution in [0.1, 0.15) is 70.4 Å². The molecule has 0 bridgehead atoms. The second-order valence-corrected chi connectivity index (χ2v) is 6.22. The predicted octanol–water partition coefficient (Wildman–Crippen LogP) is 3.82. The smallest absolute Gasteiger partial charge is 0.148 e. The molecule has 1 aliphatic rings. The lowest BCUT2D eigenvalue weighted by molar-refractivity contribution is 0.339. The fourth-order valence-electron chi connectivity index (χ4n) is 2.77.